The van der Waals surface area contributed by atoms with Crippen molar-refractivity contribution < 1.29 is 19.4 Å². The van der Waals surface area contributed by atoms with E-state index in [0.717, 1.165) is 11.1 Å². The van der Waals surface area contributed by atoms with Crippen LogP contribution in [0.15, 0.2) is 36.4 Å². The normalized spacial score (nSPS) is 10.0. The lowest BCUT2D eigenvalue weighted by atomic mass is 10.2. The lowest BCUT2D eigenvalue weighted by Gasteiger charge is -2.11. The molecule has 0 spiro atoms. The lowest BCUT2D eigenvalue weighted by molar-refractivity contribution is -0.133. The second kappa shape index (κ2) is 6.83. The predicted molar refractivity (Wildman–Crippen MR) is 87.8 cm³/mol. The summed E-state index contributed by atoms with van der Waals surface area (Å²) < 4.78 is 5.15. The highest BCUT2D eigenvalue weighted by Gasteiger charge is 2.17. The van der Waals surface area contributed by atoms with E-state index in [1.54, 1.807) is 24.3 Å². The van der Waals surface area contributed by atoms with Gasteiger partial charge in [0.15, 0.2) is 0 Å². The molecule has 0 unspecified atom stereocenters. The first-order valence-electron chi connectivity index (χ1n) is 6.97. The third-order valence-electron chi connectivity index (χ3n) is 3.21. The summed E-state index contributed by atoms with van der Waals surface area (Å²) in [6.45, 7) is 3.67. The first kappa shape index (κ1) is 16.4. The summed E-state index contributed by atoms with van der Waals surface area (Å²) in [5.74, 6) is -1.38. The summed E-state index contributed by atoms with van der Waals surface area (Å²) in [7, 11) is 1.48. The zero-order valence-electron chi connectivity index (χ0n) is 13.1. The van der Waals surface area contributed by atoms with Crippen molar-refractivity contribution in [3.63, 3.8) is 0 Å². The van der Waals surface area contributed by atoms with Crippen LogP contribution in [-0.4, -0.2) is 24.0 Å². The van der Waals surface area contributed by atoms with Crippen LogP contribution < -0.4 is 15.4 Å². The van der Waals surface area contributed by atoms with Crippen LogP contribution in [0, 0.1) is 13.8 Å². The van der Waals surface area contributed by atoms with Gasteiger partial charge in [-0.15, -0.1) is 0 Å². The van der Waals surface area contributed by atoms with Crippen LogP contribution in [0.5, 0.6) is 11.5 Å². The molecule has 0 aliphatic heterocycles. The fourth-order valence-corrected chi connectivity index (χ4v) is 2.03. The van der Waals surface area contributed by atoms with Crippen LogP contribution in [0.3, 0.4) is 0 Å². The van der Waals surface area contributed by atoms with Crippen molar-refractivity contribution in [3.05, 3.63) is 47.5 Å². The lowest BCUT2D eigenvalue weighted by Crippen LogP contribution is -2.29. The quantitative estimate of drug-likeness (QED) is 0.600. The zero-order chi connectivity index (χ0) is 17.0. The molecule has 3 N–H and O–H groups in total. The summed E-state index contributed by atoms with van der Waals surface area (Å²) in [4.78, 5) is 24.0. The molecule has 0 bridgehead atoms. The van der Waals surface area contributed by atoms with Crippen molar-refractivity contribution in [1.29, 1.82) is 0 Å². The number of rotatable bonds is 3. The van der Waals surface area contributed by atoms with Crippen LogP contribution in [0.4, 0.5) is 11.4 Å². The van der Waals surface area contributed by atoms with Crippen molar-refractivity contribution in [2.24, 2.45) is 0 Å². The molecule has 23 heavy (non-hydrogen) atoms. The number of carbonyl (C=O) groups excluding carboxylic acids is 2. The van der Waals surface area contributed by atoms with Gasteiger partial charge in [-0.1, -0.05) is 12.1 Å². The molecular weight excluding hydrogens is 296 g/mol. The minimum absolute atomic E-state index is 0.107. The van der Waals surface area contributed by atoms with Gasteiger partial charge >= 0.3 is 11.8 Å². The molecule has 6 nitrogen and oxygen atoms in total. The molecule has 0 heterocycles. The minimum atomic E-state index is -0.880. The number of nitrogens with one attached hydrogen (secondary N) is 2. The number of phenolic OH excluding ortho intramolecular Hbond substituents is 1. The molecule has 120 valence electrons. The maximum absolute atomic E-state index is 12.0. The average Bonchev–Trinajstić information content (AvgIpc) is 2.51. The van der Waals surface area contributed by atoms with E-state index in [0.29, 0.717) is 11.4 Å². The van der Waals surface area contributed by atoms with Gasteiger partial charge in [0, 0.05) is 0 Å². The maximum Gasteiger partial charge on any atom is 0.314 e. The average molecular weight is 314 g/mol. The van der Waals surface area contributed by atoms with Crippen LogP contribution >= 0.6 is 0 Å². The predicted octanol–water partition coefficient (Wildman–Crippen LogP) is 2.59. The number of hydrogen-bond acceptors (Lipinski definition) is 4. The maximum atomic E-state index is 12.0. The number of hydrogen-bond donors (Lipinski definition) is 3. The second-order valence-electron chi connectivity index (χ2n) is 5.13. The number of aryl methyl sites for hydroxylation is 2. The van der Waals surface area contributed by atoms with E-state index in [4.69, 9.17) is 4.74 Å². The summed E-state index contributed by atoms with van der Waals surface area (Å²) in [6, 6.07) is 9.96. The largest absolute Gasteiger partial charge is 0.506 e. The number of anilines is 2. The van der Waals surface area contributed by atoms with Gasteiger partial charge in [-0.2, -0.15) is 0 Å². The Hall–Kier alpha value is -3.02. The number of phenols is 1. The second-order valence-corrected chi connectivity index (χ2v) is 5.13. The number of ether oxygens (including phenoxy) is 1. The Labute approximate surface area is 134 Å². The Kier molecular flexibility index (Phi) is 4.85. The van der Waals surface area contributed by atoms with Crippen LogP contribution in [-0.2, 0) is 9.59 Å². The standard InChI is InChI=1S/C17H18N2O4/c1-10-4-6-14(20)12(8-10)18-16(21)17(22)19-13-9-11(2)5-7-15(13)23-3/h4-9,20H,1-3H3,(H,18,21)(H,19,22). The molecule has 6 heteroatoms. The number of methoxy groups -OCH3 is 1. The van der Waals surface area contributed by atoms with E-state index >= 15 is 0 Å². The topological polar surface area (TPSA) is 87.7 Å². The van der Waals surface area contributed by atoms with Crippen molar-refractivity contribution in [2.75, 3.05) is 17.7 Å². The van der Waals surface area contributed by atoms with E-state index in [1.165, 1.54) is 13.2 Å². The number of benzene rings is 2. The molecule has 0 saturated heterocycles. The number of amides is 2. The molecule has 0 radical (unpaired) electrons. The molecule has 2 rings (SSSR count). The van der Waals surface area contributed by atoms with Gasteiger partial charge in [0.2, 0.25) is 0 Å². The van der Waals surface area contributed by atoms with Gasteiger partial charge in [-0.25, -0.2) is 0 Å². The van der Waals surface area contributed by atoms with Crippen molar-refractivity contribution >= 4 is 23.2 Å². The van der Waals surface area contributed by atoms with Crippen molar-refractivity contribution in [1.82, 2.24) is 0 Å². The number of aromatic hydroxyl groups is 1. The highest BCUT2D eigenvalue weighted by molar-refractivity contribution is 6.44. The summed E-state index contributed by atoms with van der Waals surface area (Å²) >= 11 is 0. The summed E-state index contributed by atoms with van der Waals surface area (Å²) in [5, 5.41) is 14.6. The van der Waals surface area contributed by atoms with Crippen LogP contribution in [0.1, 0.15) is 11.1 Å². The fourth-order valence-electron chi connectivity index (χ4n) is 2.03. The van der Waals surface area contributed by atoms with Crippen LogP contribution in [0.2, 0.25) is 0 Å². The molecule has 2 aromatic rings. The number of carbonyl (C=O) groups is 2. The highest BCUT2D eigenvalue weighted by atomic mass is 16.5. The van der Waals surface area contributed by atoms with Gasteiger partial charge in [0.05, 0.1) is 18.5 Å². The van der Waals surface area contributed by atoms with E-state index in [2.05, 4.69) is 10.6 Å². The Morgan fingerprint density at radius 1 is 0.913 bits per heavy atom. The SMILES string of the molecule is COc1ccc(C)cc1NC(=O)C(=O)Nc1cc(C)ccc1O. The summed E-state index contributed by atoms with van der Waals surface area (Å²) in [5.41, 5.74) is 2.35. The monoisotopic (exact) mass is 314 g/mol. The van der Waals surface area contributed by atoms with Gasteiger partial charge in [0.25, 0.3) is 0 Å². The zero-order valence-corrected chi connectivity index (χ0v) is 13.1. The summed E-state index contributed by atoms with van der Waals surface area (Å²) in [6.07, 6.45) is 0. The molecule has 2 aromatic carbocycles. The molecular formula is C17H18N2O4. The van der Waals surface area contributed by atoms with Crippen LogP contribution in [0.25, 0.3) is 0 Å². The molecule has 0 saturated carbocycles. The molecule has 0 aromatic heterocycles. The third-order valence-corrected chi connectivity index (χ3v) is 3.21. The van der Waals surface area contributed by atoms with Crippen molar-refractivity contribution in [2.45, 2.75) is 13.8 Å². The van der Waals surface area contributed by atoms with Crippen molar-refractivity contribution in [3.8, 4) is 11.5 Å². The van der Waals surface area contributed by atoms with Gasteiger partial charge < -0.3 is 20.5 Å². The van der Waals surface area contributed by atoms with Gasteiger partial charge in [-0.3, -0.25) is 9.59 Å². The van der Waals surface area contributed by atoms with E-state index in [9.17, 15) is 14.7 Å². The Balaban J connectivity index is 2.13. The molecule has 0 atom stereocenters. The highest BCUT2D eigenvalue weighted by Crippen LogP contribution is 2.26. The Bertz CT molecular complexity index is 756. The molecule has 0 aliphatic rings. The molecule has 0 aliphatic carbocycles. The fraction of sp³-hybridized carbons (Fsp3) is 0.176. The first-order chi connectivity index (χ1) is 10.9. The Morgan fingerprint density at radius 3 is 2.04 bits per heavy atom. The Morgan fingerprint density at radius 2 is 1.43 bits per heavy atom. The van der Waals surface area contributed by atoms with Gasteiger partial charge in [0.1, 0.15) is 11.5 Å². The molecule has 0 fully saturated rings. The smallest absolute Gasteiger partial charge is 0.314 e. The minimum Gasteiger partial charge on any atom is -0.506 e. The van der Waals surface area contributed by atoms with Gasteiger partial charge in [-0.05, 0) is 49.2 Å². The first-order valence-corrected chi connectivity index (χ1v) is 6.97. The van der Waals surface area contributed by atoms with E-state index < -0.39 is 11.8 Å². The van der Waals surface area contributed by atoms with E-state index in [-0.39, 0.29) is 11.4 Å². The van der Waals surface area contributed by atoms with E-state index in [1.807, 2.05) is 19.9 Å². The third kappa shape index (κ3) is 4.00. The molecule has 2 amide bonds.